The van der Waals surface area contributed by atoms with Crippen molar-refractivity contribution in [2.45, 2.75) is 13.1 Å². The number of benzene rings is 1. The number of ether oxygens (including phenoxy) is 3. The van der Waals surface area contributed by atoms with Crippen LogP contribution in [0.15, 0.2) is 12.1 Å². The Balaban J connectivity index is 3.04. The summed E-state index contributed by atoms with van der Waals surface area (Å²) in [6.45, 7) is 0.278. The van der Waals surface area contributed by atoms with Crippen molar-refractivity contribution >= 4 is 11.7 Å². The summed E-state index contributed by atoms with van der Waals surface area (Å²) in [6, 6.07) is 2.27. The molecule has 5 nitrogen and oxygen atoms in total. The molecule has 0 aliphatic rings. The van der Waals surface area contributed by atoms with Gasteiger partial charge in [-0.2, -0.15) is 13.2 Å². The van der Waals surface area contributed by atoms with Gasteiger partial charge in [-0.05, 0) is 6.92 Å². The Bertz CT molecular complexity index is 488. The Hall–Kier alpha value is -2.12. The molecule has 112 valence electrons. The number of anilines is 1. The molecule has 0 aromatic heterocycles. The lowest BCUT2D eigenvalue weighted by Crippen LogP contribution is -2.19. The zero-order valence-corrected chi connectivity index (χ0v) is 10.9. The number of rotatable bonds is 5. The van der Waals surface area contributed by atoms with E-state index in [0.717, 1.165) is 6.07 Å². The van der Waals surface area contributed by atoms with Gasteiger partial charge in [0.05, 0.1) is 25.0 Å². The van der Waals surface area contributed by atoms with Crippen LogP contribution in [0.3, 0.4) is 0 Å². The number of halogens is 3. The molecule has 1 aromatic carbocycles. The van der Waals surface area contributed by atoms with Crippen molar-refractivity contribution < 1.29 is 32.2 Å². The number of hydrogen-bond acceptors (Lipinski definition) is 5. The highest BCUT2D eigenvalue weighted by molar-refractivity contribution is 5.96. The van der Waals surface area contributed by atoms with E-state index >= 15 is 0 Å². The molecule has 20 heavy (non-hydrogen) atoms. The molecule has 1 rings (SSSR count). The van der Waals surface area contributed by atoms with Crippen molar-refractivity contribution in [3.63, 3.8) is 0 Å². The van der Waals surface area contributed by atoms with E-state index in [1.54, 1.807) is 6.92 Å². The monoisotopic (exact) mass is 293 g/mol. The number of carbonyl (C=O) groups excluding carboxylic acids is 1. The second kappa shape index (κ2) is 6.36. The van der Waals surface area contributed by atoms with E-state index in [9.17, 15) is 18.0 Å². The third-order valence-electron chi connectivity index (χ3n) is 2.22. The molecule has 0 heterocycles. The summed E-state index contributed by atoms with van der Waals surface area (Å²) < 4.78 is 50.6. The number of nitrogen functional groups attached to an aromatic ring is 1. The number of carbonyl (C=O) groups is 1. The van der Waals surface area contributed by atoms with Crippen molar-refractivity contribution in [2.75, 3.05) is 26.1 Å². The maximum absolute atomic E-state index is 12.1. The van der Waals surface area contributed by atoms with Gasteiger partial charge in [-0.3, -0.25) is 0 Å². The molecule has 0 atom stereocenters. The van der Waals surface area contributed by atoms with Gasteiger partial charge in [0.1, 0.15) is 0 Å². The van der Waals surface area contributed by atoms with Gasteiger partial charge in [-0.1, -0.05) is 0 Å². The molecular formula is C12H14F3NO4. The lowest BCUT2D eigenvalue weighted by Gasteiger charge is -2.14. The van der Waals surface area contributed by atoms with Crippen LogP contribution in [-0.2, 0) is 4.74 Å². The molecule has 8 heteroatoms. The zero-order valence-electron chi connectivity index (χ0n) is 10.9. The van der Waals surface area contributed by atoms with Crippen LogP contribution in [0.4, 0.5) is 18.9 Å². The van der Waals surface area contributed by atoms with Crippen LogP contribution >= 0.6 is 0 Å². The van der Waals surface area contributed by atoms with Gasteiger partial charge < -0.3 is 19.9 Å². The predicted molar refractivity (Wildman–Crippen MR) is 64.9 cm³/mol. The SMILES string of the molecule is CCOC(=O)c1cc(OC)c(OCC(F)(F)F)cc1N. The normalized spacial score (nSPS) is 11.1. The fourth-order valence-electron chi connectivity index (χ4n) is 1.39. The molecule has 0 amide bonds. The zero-order chi connectivity index (χ0) is 15.3. The summed E-state index contributed by atoms with van der Waals surface area (Å²) in [5.74, 6) is -0.924. The average molecular weight is 293 g/mol. The molecule has 1 aromatic rings. The molecule has 0 spiro atoms. The summed E-state index contributed by atoms with van der Waals surface area (Å²) in [5.41, 5.74) is 5.55. The Morgan fingerprint density at radius 3 is 2.45 bits per heavy atom. The van der Waals surface area contributed by atoms with E-state index in [4.69, 9.17) is 15.2 Å². The van der Waals surface area contributed by atoms with E-state index in [2.05, 4.69) is 4.74 Å². The molecule has 0 fully saturated rings. The molecule has 0 aliphatic heterocycles. The Morgan fingerprint density at radius 2 is 1.95 bits per heavy atom. The minimum absolute atomic E-state index is 0.00283. The highest BCUT2D eigenvalue weighted by Gasteiger charge is 2.29. The van der Waals surface area contributed by atoms with E-state index in [1.165, 1.54) is 13.2 Å². The van der Waals surface area contributed by atoms with Crippen molar-refractivity contribution in [3.8, 4) is 11.5 Å². The molecule has 0 aliphatic carbocycles. The number of hydrogen-bond donors (Lipinski definition) is 1. The van der Waals surface area contributed by atoms with Crippen LogP contribution in [0.5, 0.6) is 11.5 Å². The smallest absolute Gasteiger partial charge is 0.422 e. The molecule has 2 N–H and O–H groups in total. The maximum atomic E-state index is 12.1. The lowest BCUT2D eigenvalue weighted by atomic mass is 10.1. The summed E-state index contributed by atoms with van der Waals surface area (Å²) in [7, 11) is 1.24. The Morgan fingerprint density at radius 1 is 1.30 bits per heavy atom. The predicted octanol–water partition coefficient (Wildman–Crippen LogP) is 2.40. The average Bonchev–Trinajstić information content (AvgIpc) is 2.35. The van der Waals surface area contributed by atoms with Gasteiger partial charge in [-0.15, -0.1) is 0 Å². The van der Waals surface area contributed by atoms with Gasteiger partial charge in [0.15, 0.2) is 18.1 Å². The first-order chi connectivity index (χ1) is 9.28. The fraction of sp³-hybridized carbons (Fsp3) is 0.417. The third kappa shape index (κ3) is 4.22. The molecule has 0 saturated heterocycles. The first kappa shape index (κ1) is 15.9. The number of alkyl halides is 3. The topological polar surface area (TPSA) is 70.8 Å². The van der Waals surface area contributed by atoms with E-state index in [0.29, 0.717) is 0 Å². The standard InChI is InChI=1S/C12H14F3NO4/c1-3-19-11(17)7-4-9(18-2)10(5-8(7)16)20-6-12(13,14)15/h4-5H,3,6,16H2,1-2H3. The summed E-state index contributed by atoms with van der Waals surface area (Å²) in [6.07, 6.45) is -4.49. The quantitative estimate of drug-likeness (QED) is 0.666. The number of esters is 1. The summed E-state index contributed by atoms with van der Waals surface area (Å²) in [5, 5.41) is 0. The van der Waals surface area contributed by atoms with Crippen LogP contribution in [0.25, 0.3) is 0 Å². The van der Waals surface area contributed by atoms with E-state index in [-0.39, 0.29) is 29.4 Å². The van der Waals surface area contributed by atoms with Crippen LogP contribution in [0.1, 0.15) is 17.3 Å². The van der Waals surface area contributed by atoms with Gasteiger partial charge in [-0.25, -0.2) is 4.79 Å². The van der Waals surface area contributed by atoms with Crippen molar-refractivity contribution in [2.24, 2.45) is 0 Å². The van der Waals surface area contributed by atoms with Gasteiger partial charge in [0.2, 0.25) is 0 Å². The molecule has 0 bridgehead atoms. The largest absolute Gasteiger partial charge is 0.493 e. The van der Waals surface area contributed by atoms with Crippen molar-refractivity contribution in [1.29, 1.82) is 0 Å². The van der Waals surface area contributed by atoms with Crippen LogP contribution < -0.4 is 15.2 Å². The molecule has 0 radical (unpaired) electrons. The number of methoxy groups -OCH3 is 1. The van der Waals surface area contributed by atoms with Gasteiger partial charge in [0, 0.05) is 12.1 Å². The minimum atomic E-state index is -4.49. The lowest BCUT2D eigenvalue weighted by molar-refractivity contribution is -0.153. The molecular weight excluding hydrogens is 279 g/mol. The second-order valence-corrected chi connectivity index (χ2v) is 3.71. The van der Waals surface area contributed by atoms with E-state index < -0.39 is 18.8 Å². The Kier molecular flexibility index (Phi) is 5.06. The molecule has 0 saturated carbocycles. The maximum Gasteiger partial charge on any atom is 0.422 e. The van der Waals surface area contributed by atoms with Crippen LogP contribution in [-0.4, -0.2) is 32.5 Å². The van der Waals surface area contributed by atoms with Gasteiger partial charge >= 0.3 is 12.1 Å². The van der Waals surface area contributed by atoms with Crippen LogP contribution in [0, 0.1) is 0 Å². The third-order valence-corrected chi connectivity index (χ3v) is 2.22. The number of nitrogens with two attached hydrogens (primary N) is 1. The van der Waals surface area contributed by atoms with E-state index in [1.807, 2.05) is 0 Å². The Labute approximate surface area is 113 Å². The highest BCUT2D eigenvalue weighted by Crippen LogP contribution is 2.33. The minimum Gasteiger partial charge on any atom is -0.493 e. The summed E-state index contributed by atoms with van der Waals surface area (Å²) >= 11 is 0. The highest BCUT2D eigenvalue weighted by atomic mass is 19.4. The second-order valence-electron chi connectivity index (χ2n) is 3.71. The van der Waals surface area contributed by atoms with Gasteiger partial charge in [0.25, 0.3) is 0 Å². The molecule has 0 unspecified atom stereocenters. The first-order valence-electron chi connectivity index (χ1n) is 5.62. The van der Waals surface area contributed by atoms with Crippen molar-refractivity contribution in [3.05, 3.63) is 17.7 Å². The van der Waals surface area contributed by atoms with Crippen LogP contribution in [0.2, 0.25) is 0 Å². The fourth-order valence-corrected chi connectivity index (χ4v) is 1.39. The first-order valence-corrected chi connectivity index (χ1v) is 5.62. The summed E-state index contributed by atoms with van der Waals surface area (Å²) in [4.78, 5) is 11.6. The van der Waals surface area contributed by atoms with Crippen molar-refractivity contribution in [1.82, 2.24) is 0 Å².